The molecule has 0 radical (unpaired) electrons. The van der Waals surface area contributed by atoms with Gasteiger partial charge in [-0.2, -0.15) is 4.98 Å². The summed E-state index contributed by atoms with van der Waals surface area (Å²) in [5, 5.41) is 7.21. The maximum absolute atomic E-state index is 6.69. The summed E-state index contributed by atoms with van der Waals surface area (Å²) in [7, 11) is 0. The van der Waals surface area contributed by atoms with E-state index in [-0.39, 0.29) is 0 Å². The van der Waals surface area contributed by atoms with Crippen LogP contribution < -0.4 is 0 Å². The summed E-state index contributed by atoms with van der Waals surface area (Å²) in [5.41, 5.74) is 6.29. The second kappa shape index (κ2) is 7.79. The first-order valence-corrected chi connectivity index (χ1v) is 13.9. The van der Waals surface area contributed by atoms with Crippen LogP contribution in [0, 0.1) is 0 Å². The fourth-order valence-electron chi connectivity index (χ4n) is 6.09. The Hall–Kier alpha value is -4.93. The molecule has 6 aromatic carbocycles. The fraction of sp³-hybridized carbons (Fsp3) is 0. The van der Waals surface area contributed by atoms with E-state index < -0.39 is 0 Å². The molecular formula is C35H20N2OS. The summed E-state index contributed by atoms with van der Waals surface area (Å²) in [4.78, 5) is 5.05. The molecule has 3 aromatic heterocycles. The van der Waals surface area contributed by atoms with Gasteiger partial charge in [0.2, 0.25) is 0 Å². The van der Waals surface area contributed by atoms with Crippen LogP contribution in [0.15, 0.2) is 126 Å². The Bertz CT molecular complexity index is 2390. The number of hydrogen-bond acceptors (Lipinski definition) is 3. The summed E-state index contributed by atoms with van der Waals surface area (Å²) in [6, 6.07) is 43.6. The zero-order valence-corrected chi connectivity index (χ0v) is 21.6. The van der Waals surface area contributed by atoms with Crippen LogP contribution in [0.3, 0.4) is 0 Å². The molecule has 0 aliphatic heterocycles. The Balaban J connectivity index is 1.40. The van der Waals surface area contributed by atoms with Crippen molar-refractivity contribution >= 4 is 75.2 Å². The molecule has 0 aliphatic carbocycles. The van der Waals surface area contributed by atoms with Gasteiger partial charge in [-0.1, -0.05) is 84.9 Å². The van der Waals surface area contributed by atoms with E-state index in [0.29, 0.717) is 6.01 Å². The van der Waals surface area contributed by atoms with E-state index in [4.69, 9.17) is 9.40 Å². The first-order valence-electron chi connectivity index (χ1n) is 13.1. The van der Waals surface area contributed by atoms with Crippen LogP contribution in [-0.4, -0.2) is 9.55 Å². The highest BCUT2D eigenvalue weighted by atomic mass is 32.1. The average molecular weight is 517 g/mol. The molecule has 4 heteroatoms. The van der Waals surface area contributed by atoms with Crippen LogP contribution in [0.4, 0.5) is 0 Å². The maximum Gasteiger partial charge on any atom is 0.307 e. The van der Waals surface area contributed by atoms with E-state index in [1.807, 2.05) is 0 Å². The topological polar surface area (TPSA) is 31.0 Å². The predicted octanol–water partition coefficient (Wildman–Crippen LogP) is 10.1. The van der Waals surface area contributed by atoms with Crippen molar-refractivity contribution in [2.24, 2.45) is 0 Å². The van der Waals surface area contributed by atoms with E-state index in [1.165, 1.54) is 47.5 Å². The predicted molar refractivity (Wildman–Crippen MR) is 164 cm³/mol. The van der Waals surface area contributed by atoms with Gasteiger partial charge in [0.15, 0.2) is 5.58 Å². The molecule has 0 bridgehead atoms. The van der Waals surface area contributed by atoms with E-state index in [9.17, 15) is 0 Å². The minimum atomic E-state index is 0.593. The highest BCUT2D eigenvalue weighted by molar-refractivity contribution is 7.26. The number of fused-ring (bicyclic) bond motifs is 10. The van der Waals surface area contributed by atoms with Crippen LogP contribution in [-0.2, 0) is 0 Å². The molecule has 0 spiro atoms. The van der Waals surface area contributed by atoms with Crippen molar-refractivity contribution in [1.29, 1.82) is 0 Å². The number of nitrogens with zero attached hydrogens (tertiary/aromatic N) is 2. The lowest BCUT2D eigenvalue weighted by atomic mass is 10.0. The van der Waals surface area contributed by atoms with E-state index in [0.717, 1.165) is 27.5 Å². The van der Waals surface area contributed by atoms with Gasteiger partial charge in [-0.05, 0) is 58.3 Å². The Morgan fingerprint density at radius 2 is 1.36 bits per heavy atom. The molecule has 0 N–H and O–H groups in total. The van der Waals surface area contributed by atoms with Crippen molar-refractivity contribution in [3.63, 3.8) is 0 Å². The lowest BCUT2D eigenvalue weighted by molar-refractivity contribution is 0.577. The van der Waals surface area contributed by atoms with Gasteiger partial charge < -0.3 is 4.42 Å². The number of aromatic nitrogens is 2. The normalized spacial score (nSPS) is 12.1. The van der Waals surface area contributed by atoms with Gasteiger partial charge in [0.1, 0.15) is 5.52 Å². The molecule has 9 aromatic rings. The van der Waals surface area contributed by atoms with Gasteiger partial charge in [0, 0.05) is 30.9 Å². The SMILES string of the molecule is c1ccc(-c2ccc3c(c2)c2c4ccccc4ccc2n3-c2nc3ccc4sc5ccccc5c4c3o2)cc1. The number of thiophene rings is 1. The summed E-state index contributed by atoms with van der Waals surface area (Å²) in [5.74, 6) is 0. The number of rotatable bonds is 2. The molecule has 39 heavy (non-hydrogen) atoms. The molecule has 0 aliphatic rings. The standard InChI is InChI=1S/C35H20N2OS/c1-2-8-21(9-3-1)23-15-17-28-26(20-23)32-24-11-5-4-10-22(24)14-18-29(32)37(28)35-36-27-16-19-31-33(34(27)38-35)25-12-6-7-13-30(25)39-31/h1-20H. The second-order valence-corrected chi connectivity index (χ2v) is 11.1. The smallest absolute Gasteiger partial charge is 0.307 e. The van der Waals surface area contributed by atoms with E-state index in [2.05, 4.69) is 126 Å². The Kier molecular flexibility index (Phi) is 4.21. The van der Waals surface area contributed by atoms with Crippen LogP contribution in [0.1, 0.15) is 0 Å². The second-order valence-electron chi connectivity index (χ2n) is 10.00. The Labute approximate surface area is 227 Å². The third-order valence-electron chi connectivity index (χ3n) is 7.84. The molecule has 9 rings (SSSR count). The lowest BCUT2D eigenvalue weighted by Crippen LogP contribution is -1.93. The third-order valence-corrected chi connectivity index (χ3v) is 8.97. The van der Waals surface area contributed by atoms with Crippen molar-refractivity contribution in [1.82, 2.24) is 9.55 Å². The Morgan fingerprint density at radius 1 is 0.564 bits per heavy atom. The maximum atomic E-state index is 6.69. The summed E-state index contributed by atoms with van der Waals surface area (Å²) >= 11 is 1.79. The first-order chi connectivity index (χ1) is 19.3. The molecule has 0 saturated heterocycles. The van der Waals surface area contributed by atoms with Gasteiger partial charge >= 0.3 is 6.01 Å². The molecule has 3 nitrogen and oxygen atoms in total. The van der Waals surface area contributed by atoms with E-state index in [1.54, 1.807) is 11.3 Å². The lowest BCUT2D eigenvalue weighted by Gasteiger charge is -2.04. The van der Waals surface area contributed by atoms with Crippen molar-refractivity contribution in [2.75, 3.05) is 0 Å². The van der Waals surface area contributed by atoms with Crippen molar-refractivity contribution in [3.8, 4) is 17.1 Å². The zero-order chi connectivity index (χ0) is 25.5. The summed E-state index contributed by atoms with van der Waals surface area (Å²) < 4.78 is 11.4. The van der Waals surface area contributed by atoms with Gasteiger partial charge in [-0.25, -0.2) is 0 Å². The van der Waals surface area contributed by atoms with Crippen LogP contribution in [0.5, 0.6) is 0 Å². The Morgan fingerprint density at radius 3 is 2.28 bits per heavy atom. The molecule has 0 fully saturated rings. The quantitative estimate of drug-likeness (QED) is 0.229. The average Bonchev–Trinajstić information content (AvgIpc) is 3.68. The molecule has 3 heterocycles. The summed E-state index contributed by atoms with van der Waals surface area (Å²) in [6.45, 7) is 0. The van der Waals surface area contributed by atoms with Crippen molar-refractivity contribution < 1.29 is 4.42 Å². The third kappa shape index (κ3) is 2.95. The van der Waals surface area contributed by atoms with Gasteiger partial charge in [-0.15, -0.1) is 11.3 Å². The van der Waals surface area contributed by atoms with Gasteiger partial charge in [-0.3, -0.25) is 4.57 Å². The van der Waals surface area contributed by atoms with Crippen LogP contribution in [0.2, 0.25) is 0 Å². The number of benzene rings is 6. The first kappa shape index (κ1) is 21.1. The molecule has 0 atom stereocenters. The van der Waals surface area contributed by atoms with Crippen molar-refractivity contribution in [2.45, 2.75) is 0 Å². The summed E-state index contributed by atoms with van der Waals surface area (Å²) in [6.07, 6.45) is 0. The fourth-order valence-corrected chi connectivity index (χ4v) is 7.19. The van der Waals surface area contributed by atoms with E-state index >= 15 is 0 Å². The molecular weight excluding hydrogens is 496 g/mol. The van der Waals surface area contributed by atoms with Crippen molar-refractivity contribution in [3.05, 3.63) is 121 Å². The molecule has 182 valence electrons. The van der Waals surface area contributed by atoms with Crippen LogP contribution in [0.25, 0.3) is 81.0 Å². The van der Waals surface area contributed by atoms with Crippen LogP contribution >= 0.6 is 11.3 Å². The minimum Gasteiger partial charge on any atom is -0.422 e. The minimum absolute atomic E-state index is 0.593. The molecule has 0 unspecified atom stereocenters. The zero-order valence-electron chi connectivity index (χ0n) is 20.8. The number of oxazole rings is 1. The molecule has 0 saturated carbocycles. The monoisotopic (exact) mass is 516 g/mol. The highest BCUT2D eigenvalue weighted by Gasteiger charge is 2.21. The van der Waals surface area contributed by atoms with Gasteiger partial charge in [0.25, 0.3) is 0 Å². The molecule has 0 amide bonds. The largest absolute Gasteiger partial charge is 0.422 e. The number of hydrogen-bond donors (Lipinski definition) is 0. The van der Waals surface area contributed by atoms with Gasteiger partial charge in [0.05, 0.1) is 11.0 Å². The highest BCUT2D eigenvalue weighted by Crippen LogP contribution is 2.42.